The molecule has 5 nitrogen and oxygen atoms in total. The number of nitrogens with zero attached hydrogens (tertiary/aromatic N) is 1. The van der Waals surface area contributed by atoms with Crippen LogP contribution in [-0.2, 0) is 4.79 Å². The first-order chi connectivity index (χ1) is 9.04. The molecule has 3 fully saturated rings. The van der Waals surface area contributed by atoms with Crippen molar-refractivity contribution in [1.82, 2.24) is 5.32 Å². The largest absolute Gasteiger partial charge is 0.409 e. The Labute approximate surface area is 113 Å². The first-order valence-corrected chi connectivity index (χ1v) is 7.32. The number of hydrogen-bond donors (Lipinski definition) is 3. The molecule has 0 aromatic rings. The second kappa shape index (κ2) is 4.39. The van der Waals surface area contributed by atoms with Crippen molar-refractivity contribution in [3.63, 3.8) is 0 Å². The van der Waals surface area contributed by atoms with Crippen molar-refractivity contribution >= 4 is 11.7 Å². The molecule has 0 spiro atoms. The number of oxime groups is 1. The second-order valence-corrected chi connectivity index (χ2v) is 6.77. The third-order valence-electron chi connectivity index (χ3n) is 5.43. The van der Waals surface area contributed by atoms with E-state index in [1.54, 1.807) is 0 Å². The van der Waals surface area contributed by atoms with E-state index in [1.807, 2.05) is 13.8 Å². The molecule has 4 N–H and O–H groups in total. The maximum atomic E-state index is 12.3. The van der Waals surface area contributed by atoms with Crippen LogP contribution in [0.2, 0.25) is 0 Å². The maximum Gasteiger partial charge on any atom is 0.231 e. The van der Waals surface area contributed by atoms with E-state index in [1.165, 1.54) is 19.3 Å². The molecule has 0 heterocycles. The topological polar surface area (TPSA) is 87.7 Å². The number of nitrogens with one attached hydrogen (secondary N) is 1. The standard InChI is InChI=1S/C14H23N3O2/c1-6(2)9(13(15)17-19)14(18)16-12-10-7-3-4-8(5-7)11(10)12/h6-12,19H,3-5H2,1-2H3,(H2,15,17)(H,16,18). The predicted molar refractivity (Wildman–Crippen MR) is 71.5 cm³/mol. The van der Waals surface area contributed by atoms with E-state index >= 15 is 0 Å². The molecule has 0 saturated heterocycles. The number of carbonyl (C=O) groups is 1. The molecule has 2 bridgehead atoms. The van der Waals surface area contributed by atoms with Crippen molar-refractivity contribution in [2.45, 2.75) is 39.2 Å². The summed E-state index contributed by atoms with van der Waals surface area (Å²) in [5.41, 5.74) is 5.64. The molecule has 106 valence electrons. The van der Waals surface area contributed by atoms with Crippen LogP contribution >= 0.6 is 0 Å². The number of fused-ring (bicyclic) bond motifs is 5. The highest BCUT2D eigenvalue weighted by atomic mass is 16.4. The summed E-state index contributed by atoms with van der Waals surface area (Å²) in [6.45, 7) is 3.83. The van der Waals surface area contributed by atoms with Gasteiger partial charge in [0.25, 0.3) is 0 Å². The van der Waals surface area contributed by atoms with E-state index in [4.69, 9.17) is 10.9 Å². The van der Waals surface area contributed by atoms with Gasteiger partial charge in [-0.3, -0.25) is 4.79 Å². The molecule has 0 aromatic carbocycles. The Morgan fingerprint density at radius 3 is 2.37 bits per heavy atom. The average Bonchev–Trinajstić information content (AvgIpc) is 2.76. The zero-order chi connectivity index (χ0) is 13.7. The SMILES string of the molecule is CC(C)C(C(=O)NC1C2C3CCC(C3)C12)C(N)=NO. The Balaban J connectivity index is 1.63. The summed E-state index contributed by atoms with van der Waals surface area (Å²) in [5.74, 6) is 2.54. The number of amides is 1. The highest BCUT2D eigenvalue weighted by molar-refractivity contribution is 6.02. The molecule has 3 saturated carbocycles. The molecule has 19 heavy (non-hydrogen) atoms. The minimum atomic E-state index is -0.524. The lowest BCUT2D eigenvalue weighted by molar-refractivity contribution is -0.124. The Bertz CT molecular complexity index is 405. The van der Waals surface area contributed by atoms with Crippen LogP contribution < -0.4 is 11.1 Å². The van der Waals surface area contributed by atoms with Gasteiger partial charge in [-0.15, -0.1) is 0 Å². The summed E-state index contributed by atoms with van der Waals surface area (Å²) in [7, 11) is 0. The fourth-order valence-corrected chi connectivity index (χ4v) is 4.61. The molecule has 3 aliphatic rings. The Hall–Kier alpha value is -1.26. The minimum absolute atomic E-state index is 0.0151. The highest BCUT2D eigenvalue weighted by Crippen LogP contribution is 2.65. The van der Waals surface area contributed by atoms with Gasteiger partial charge in [-0.2, -0.15) is 0 Å². The van der Waals surface area contributed by atoms with Gasteiger partial charge >= 0.3 is 0 Å². The van der Waals surface area contributed by atoms with Crippen LogP contribution in [0.1, 0.15) is 33.1 Å². The minimum Gasteiger partial charge on any atom is -0.409 e. The zero-order valence-electron chi connectivity index (χ0n) is 11.5. The molecule has 5 heteroatoms. The molecular formula is C14H23N3O2. The molecule has 0 radical (unpaired) electrons. The van der Waals surface area contributed by atoms with Gasteiger partial charge < -0.3 is 16.3 Å². The van der Waals surface area contributed by atoms with Crippen LogP contribution in [0.5, 0.6) is 0 Å². The summed E-state index contributed by atoms with van der Waals surface area (Å²) in [5, 5.41) is 14.9. The maximum absolute atomic E-state index is 12.3. The van der Waals surface area contributed by atoms with Crippen molar-refractivity contribution in [3.05, 3.63) is 0 Å². The first-order valence-electron chi connectivity index (χ1n) is 7.32. The van der Waals surface area contributed by atoms with Crippen molar-refractivity contribution in [3.8, 4) is 0 Å². The molecule has 1 amide bonds. The fraction of sp³-hybridized carbons (Fsp3) is 0.857. The van der Waals surface area contributed by atoms with E-state index in [2.05, 4.69) is 10.5 Å². The molecule has 0 aromatic heterocycles. The van der Waals surface area contributed by atoms with Crippen molar-refractivity contribution < 1.29 is 10.0 Å². The molecule has 3 rings (SSSR count). The van der Waals surface area contributed by atoms with Crippen LogP contribution in [0.3, 0.4) is 0 Å². The smallest absolute Gasteiger partial charge is 0.231 e. The van der Waals surface area contributed by atoms with E-state index in [0.717, 1.165) is 11.8 Å². The third-order valence-corrected chi connectivity index (χ3v) is 5.43. The number of rotatable bonds is 4. The van der Waals surface area contributed by atoms with Crippen molar-refractivity contribution in [2.24, 2.45) is 46.4 Å². The predicted octanol–water partition coefficient (Wildman–Crippen LogP) is 1.17. The van der Waals surface area contributed by atoms with Gasteiger partial charge in [-0.05, 0) is 48.9 Å². The molecule has 0 aliphatic heterocycles. The fourth-order valence-electron chi connectivity index (χ4n) is 4.61. The Morgan fingerprint density at radius 2 is 1.89 bits per heavy atom. The lowest BCUT2D eigenvalue weighted by Gasteiger charge is -2.20. The van der Waals surface area contributed by atoms with Gasteiger partial charge in [0.15, 0.2) is 5.84 Å². The van der Waals surface area contributed by atoms with E-state index in [0.29, 0.717) is 17.9 Å². The number of hydrogen-bond acceptors (Lipinski definition) is 3. The normalized spacial score (nSPS) is 41.2. The van der Waals surface area contributed by atoms with E-state index in [-0.39, 0.29) is 17.7 Å². The van der Waals surface area contributed by atoms with E-state index < -0.39 is 5.92 Å². The summed E-state index contributed by atoms with van der Waals surface area (Å²) < 4.78 is 0. The van der Waals surface area contributed by atoms with Crippen molar-refractivity contribution in [1.29, 1.82) is 0 Å². The zero-order valence-corrected chi connectivity index (χ0v) is 11.5. The second-order valence-electron chi connectivity index (χ2n) is 6.77. The summed E-state index contributed by atoms with van der Waals surface area (Å²) >= 11 is 0. The van der Waals surface area contributed by atoms with Gasteiger partial charge in [0.2, 0.25) is 5.91 Å². The first kappa shape index (κ1) is 12.8. The van der Waals surface area contributed by atoms with Gasteiger partial charge in [0, 0.05) is 6.04 Å². The molecular weight excluding hydrogens is 242 g/mol. The summed E-state index contributed by atoms with van der Waals surface area (Å²) in [6.07, 6.45) is 4.05. The van der Waals surface area contributed by atoms with E-state index in [9.17, 15) is 4.79 Å². The summed E-state index contributed by atoms with van der Waals surface area (Å²) in [4.78, 5) is 12.3. The number of carbonyl (C=O) groups excluding carboxylic acids is 1. The van der Waals surface area contributed by atoms with Crippen LogP contribution in [0.25, 0.3) is 0 Å². The van der Waals surface area contributed by atoms with Gasteiger partial charge in [-0.25, -0.2) is 0 Å². The van der Waals surface area contributed by atoms with Crippen LogP contribution in [-0.4, -0.2) is 23.0 Å². The Kier molecular flexibility index (Phi) is 2.95. The lowest BCUT2D eigenvalue weighted by atomic mass is 9.93. The number of nitrogens with two attached hydrogens (primary N) is 1. The van der Waals surface area contributed by atoms with Crippen molar-refractivity contribution in [2.75, 3.05) is 0 Å². The lowest BCUT2D eigenvalue weighted by Crippen LogP contribution is -2.43. The Morgan fingerprint density at radius 1 is 1.32 bits per heavy atom. The quantitative estimate of drug-likeness (QED) is 0.308. The monoisotopic (exact) mass is 265 g/mol. The number of amidine groups is 1. The van der Waals surface area contributed by atoms with Gasteiger partial charge in [0.05, 0.1) is 0 Å². The van der Waals surface area contributed by atoms with Gasteiger partial charge in [0.1, 0.15) is 5.92 Å². The average molecular weight is 265 g/mol. The third kappa shape index (κ3) is 1.90. The molecule has 5 unspecified atom stereocenters. The van der Waals surface area contributed by atoms with Crippen LogP contribution in [0, 0.1) is 35.5 Å². The summed E-state index contributed by atoms with van der Waals surface area (Å²) in [6, 6.07) is 0.353. The molecule has 3 aliphatic carbocycles. The van der Waals surface area contributed by atoms with Gasteiger partial charge in [-0.1, -0.05) is 19.0 Å². The van der Waals surface area contributed by atoms with Crippen LogP contribution in [0.15, 0.2) is 5.16 Å². The molecule has 5 atom stereocenters. The highest BCUT2D eigenvalue weighted by Gasteiger charge is 2.65. The van der Waals surface area contributed by atoms with Crippen LogP contribution in [0.4, 0.5) is 0 Å².